The van der Waals surface area contributed by atoms with Gasteiger partial charge >= 0.3 is 5.97 Å². The van der Waals surface area contributed by atoms with Gasteiger partial charge in [0.15, 0.2) is 0 Å². The number of ether oxygens (including phenoxy) is 2. The molecule has 0 saturated heterocycles. The van der Waals surface area contributed by atoms with Gasteiger partial charge in [-0.2, -0.15) is 0 Å². The molecule has 0 aliphatic rings. The van der Waals surface area contributed by atoms with Crippen molar-refractivity contribution in [2.45, 2.75) is 33.3 Å². The standard InChI is InChI=1S/C15H22N2O4/c1-4-7-20-13-8-11(15(19)21-10(2)3)5-6-12(13)17-14(18)9-16/h5-6,8,10H,4,7,9,16H2,1-3H3,(H,17,18). The first-order valence-corrected chi connectivity index (χ1v) is 6.95. The quantitative estimate of drug-likeness (QED) is 0.750. The second-order valence-corrected chi connectivity index (χ2v) is 4.77. The van der Waals surface area contributed by atoms with Gasteiger partial charge in [0.25, 0.3) is 0 Å². The minimum atomic E-state index is -0.428. The molecule has 0 spiro atoms. The van der Waals surface area contributed by atoms with Crippen molar-refractivity contribution in [1.29, 1.82) is 0 Å². The molecule has 0 atom stereocenters. The van der Waals surface area contributed by atoms with Crippen LogP contribution >= 0.6 is 0 Å². The number of hydrogen-bond donors (Lipinski definition) is 2. The Balaban J connectivity index is 2.99. The minimum Gasteiger partial charge on any atom is -0.491 e. The molecule has 1 aromatic carbocycles. The van der Waals surface area contributed by atoms with Crippen molar-refractivity contribution in [2.24, 2.45) is 5.73 Å². The minimum absolute atomic E-state index is 0.121. The summed E-state index contributed by atoms with van der Waals surface area (Å²) >= 11 is 0. The summed E-state index contributed by atoms with van der Waals surface area (Å²) < 4.78 is 10.7. The van der Waals surface area contributed by atoms with Crippen LogP contribution in [0.4, 0.5) is 5.69 Å². The van der Waals surface area contributed by atoms with Crippen LogP contribution in [0.25, 0.3) is 0 Å². The van der Waals surface area contributed by atoms with Crippen molar-refractivity contribution in [3.05, 3.63) is 23.8 Å². The maximum Gasteiger partial charge on any atom is 0.338 e. The lowest BCUT2D eigenvalue weighted by molar-refractivity contribution is -0.114. The van der Waals surface area contributed by atoms with Gasteiger partial charge in [0.2, 0.25) is 5.91 Å². The fraction of sp³-hybridized carbons (Fsp3) is 0.467. The van der Waals surface area contributed by atoms with E-state index in [0.717, 1.165) is 6.42 Å². The van der Waals surface area contributed by atoms with Crippen LogP contribution in [-0.2, 0) is 9.53 Å². The van der Waals surface area contributed by atoms with Crippen LogP contribution in [-0.4, -0.2) is 31.1 Å². The molecule has 0 radical (unpaired) electrons. The largest absolute Gasteiger partial charge is 0.491 e. The van der Waals surface area contributed by atoms with Gasteiger partial charge in [0.1, 0.15) is 5.75 Å². The molecule has 21 heavy (non-hydrogen) atoms. The predicted molar refractivity (Wildman–Crippen MR) is 80.5 cm³/mol. The number of amides is 1. The Labute approximate surface area is 124 Å². The van der Waals surface area contributed by atoms with Crippen LogP contribution in [0.1, 0.15) is 37.6 Å². The third kappa shape index (κ3) is 5.43. The molecule has 6 nitrogen and oxygen atoms in total. The van der Waals surface area contributed by atoms with E-state index in [0.29, 0.717) is 23.6 Å². The van der Waals surface area contributed by atoms with E-state index in [2.05, 4.69) is 5.32 Å². The zero-order valence-electron chi connectivity index (χ0n) is 12.6. The van der Waals surface area contributed by atoms with Crippen LogP contribution in [0.15, 0.2) is 18.2 Å². The van der Waals surface area contributed by atoms with Gasteiger partial charge < -0.3 is 20.5 Å². The number of nitrogens with two attached hydrogens (primary N) is 1. The number of nitrogens with one attached hydrogen (secondary N) is 1. The molecule has 0 saturated carbocycles. The summed E-state index contributed by atoms with van der Waals surface area (Å²) in [6, 6.07) is 4.75. The summed E-state index contributed by atoms with van der Waals surface area (Å²) in [6.45, 7) is 5.89. The molecule has 0 unspecified atom stereocenters. The SMILES string of the molecule is CCCOc1cc(C(=O)OC(C)C)ccc1NC(=O)CN. The Morgan fingerprint density at radius 3 is 2.62 bits per heavy atom. The first-order chi connectivity index (χ1) is 9.97. The van der Waals surface area contributed by atoms with Crippen LogP contribution in [0.2, 0.25) is 0 Å². The average Bonchev–Trinajstić information content (AvgIpc) is 2.45. The van der Waals surface area contributed by atoms with Gasteiger partial charge in [-0.3, -0.25) is 4.79 Å². The van der Waals surface area contributed by atoms with E-state index in [9.17, 15) is 9.59 Å². The summed E-state index contributed by atoms with van der Waals surface area (Å²) in [7, 11) is 0. The molecule has 0 aliphatic heterocycles. The summed E-state index contributed by atoms with van der Waals surface area (Å²) in [4.78, 5) is 23.3. The van der Waals surface area contributed by atoms with Crippen LogP contribution < -0.4 is 15.8 Å². The van der Waals surface area contributed by atoms with E-state index in [1.807, 2.05) is 6.92 Å². The molecule has 116 valence electrons. The number of anilines is 1. The molecule has 6 heteroatoms. The first-order valence-electron chi connectivity index (χ1n) is 6.95. The Kier molecular flexibility index (Phi) is 6.68. The van der Waals surface area contributed by atoms with Crippen LogP contribution in [0.3, 0.4) is 0 Å². The van der Waals surface area contributed by atoms with Gasteiger partial charge in [0, 0.05) is 0 Å². The molecule has 0 heterocycles. The Morgan fingerprint density at radius 2 is 2.05 bits per heavy atom. The molecule has 1 aromatic rings. The number of benzene rings is 1. The zero-order valence-corrected chi connectivity index (χ0v) is 12.6. The number of esters is 1. The van der Waals surface area contributed by atoms with Crippen molar-refractivity contribution >= 4 is 17.6 Å². The topological polar surface area (TPSA) is 90.6 Å². The van der Waals surface area contributed by atoms with E-state index < -0.39 is 5.97 Å². The highest BCUT2D eigenvalue weighted by Crippen LogP contribution is 2.26. The fourth-order valence-electron chi connectivity index (χ4n) is 1.57. The van der Waals surface area contributed by atoms with Crippen molar-refractivity contribution in [2.75, 3.05) is 18.5 Å². The van der Waals surface area contributed by atoms with Crippen molar-refractivity contribution < 1.29 is 19.1 Å². The van der Waals surface area contributed by atoms with Crippen LogP contribution in [0, 0.1) is 0 Å². The van der Waals surface area contributed by atoms with Crippen molar-refractivity contribution in [1.82, 2.24) is 0 Å². The summed E-state index contributed by atoms with van der Waals surface area (Å²) in [6.07, 6.45) is 0.611. The van der Waals surface area contributed by atoms with E-state index in [1.54, 1.807) is 32.0 Å². The van der Waals surface area contributed by atoms with Crippen molar-refractivity contribution in [3.63, 3.8) is 0 Å². The molecule has 1 amide bonds. The molecule has 0 bridgehead atoms. The number of rotatable bonds is 7. The lowest BCUT2D eigenvalue weighted by Crippen LogP contribution is -2.22. The second-order valence-electron chi connectivity index (χ2n) is 4.77. The number of carbonyl (C=O) groups is 2. The summed E-state index contributed by atoms with van der Waals surface area (Å²) in [5, 5.41) is 2.63. The van der Waals surface area contributed by atoms with E-state index in [-0.39, 0.29) is 18.6 Å². The smallest absolute Gasteiger partial charge is 0.338 e. The van der Waals surface area contributed by atoms with E-state index >= 15 is 0 Å². The average molecular weight is 294 g/mol. The Bertz CT molecular complexity index is 500. The third-order valence-electron chi connectivity index (χ3n) is 2.48. The molecular formula is C15H22N2O4. The summed E-state index contributed by atoms with van der Waals surface area (Å²) in [5.41, 5.74) is 6.14. The van der Waals surface area contributed by atoms with Gasteiger partial charge in [-0.1, -0.05) is 6.92 Å². The van der Waals surface area contributed by atoms with Gasteiger partial charge in [0.05, 0.1) is 30.5 Å². The Morgan fingerprint density at radius 1 is 1.33 bits per heavy atom. The first kappa shape index (κ1) is 17.0. The number of hydrogen-bond acceptors (Lipinski definition) is 5. The van der Waals surface area contributed by atoms with Gasteiger partial charge in [-0.15, -0.1) is 0 Å². The summed E-state index contributed by atoms with van der Waals surface area (Å²) in [5.74, 6) is -0.325. The molecule has 0 fully saturated rings. The number of carbonyl (C=O) groups excluding carboxylic acids is 2. The van der Waals surface area contributed by atoms with Gasteiger partial charge in [-0.05, 0) is 38.5 Å². The Hall–Kier alpha value is -2.08. The fourth-order valence-corrected chi connectivity index (χ4v) is 1.57. The van der Waals surface area contributed by atoms with Crippen molar-refractivity contribution in [3.8, 4) is 5.75 Å². The molecule has 1 rings (SSSR count). The maximum atomic E-state index is 11.9. The predicted octanol–water partition coefficient (Wildman–Crippen LogP) is 1.94. The highest BCUT2D eigenvalue weighted by atomic mass is 16.5. The highest BCUT2D eigenvalue weighted by molar-refractivity contribution is 5.95. The van der Waals surface area contributed by atoms with Gasteiger partial charge in [-0.25, -0.2) is 4.79 Å². The highest BCUT2D eigenvalue weighted by Gasteiger charge is 2.14. The molecule has 0 aromatic heterocycles. The maximum absolute atomic E-state index is 11.9. The molecular weight excluding hydrogens is 272 g/mol. The third-order valence-corrected chi connectivity index (χ3v) is 2.48. The monoisotopic (exact) mass is 294 g/mol. The van der Waals surface area contributed by atoms with E-state index in [1.165, 1.54) is 0 Å². The second kappa shape index (κ2) is 8.26. The van der Waals surface area contributed by atoms with Crippen LogP contribution in [0.5, 0.6) is 5.75 Å². The lowest BCUT2D eigenvalue weighted by Gasteiger charge is -2.14. The molecule has 3 N–H and O–H groups in total. The normalized spacial score (nSPS) is 10.3. The zero-order chi connectivity index (χ0) is 15.8. The lowest BCUT2D eigenvalue weighted by atomic mass is 10.2. The van der Waals surface area contributed by atoms with E-state index in [4.69, 9.17) is 15.2 Å². The molecule has 0 aliphatic carbocycles.